The molecule has 4 heteroatoms. The number of rotatable bonds is 6. The van der Waals surface area contributed by atoms with E-state index in [9.17, 15) is 0 Å². The van der Waals surface area contributed by atoms with E-state index < -0.39 is 0 Å². The molecule has 0 fully saturated rings. The molecule has 2 aromatic carbocycles. The van der Waals surface area contributed by atoms with Gasteiger partial charge in [0.15, 0.2) is 11.5 Å². The van der Waals surface area contributed by atoms with Crippen molar-refractivity contribution in [1.29, 1.82) is 0 Å². The van der Waals surface area contributed by atoms with Gasteiger partial charge in [-0.25, -0.2) is 0 Å². The third-order valence-corrected chi connectivity index (χ3v) is 3.36. The average molecular weight is 292 g/mol. The zero-order valence-corrected chi connectivity index (χ0v) is 12.4. The maximum Gasteiger partial charge on any atom is 0.162 e. The second kappa shape index (κ2) is 7.06. The minimum Gasteiger partial charge on any atom is -0.493 e. The number of anilines is 1. The van der Waals surface area contributed by atoms with E-state index in [1.807, 2.05) is 24.3 Å². The SMILES string of the molecule is COc1cc(Cl)c(NCCc2ccccc2)cc1OC. The predicted octanol–water partition coefficient (Wildman–Crippen LogP) is 4.01. The molecule has 3 nitrogen and oxygen atoms in total. The van der Waals surface area contributed by atoms with Crippen LogP contribution in [0.3, 0.4) is 0 Å². The topological polar surface area (TPSA) is 30.5 Å². The summed E-state index contributed by atoms with van der Waals surface area (Å²) in [5.41, 5.74) is 2.14. The van der Waals surface area contributed by atoms with Crippen LogP contribution in [0.2, 0.25) is 5.02 Å². The Bertz CT molecular complexity index is 558. The summed E-state index contributed by atoms with van der Waals surface area (Å²) in [4.78, 5) is 0. The first kappa shape index (κ1) is 14.5. The van der Waals surface area contributed by atoms with E-state index in [2.05, 4.69) is 17.4 Å². The number of methoxy groups -OCH3 is 2. The molecule has 0 aliphatic carbocycles. The lowest BCUT2D eigenvalue weighted by atomic mass is 10.1. The molecule has 0 radical (unpaired) electrons. The standard InChI is InChI=1S/C16H18ClNO2/c1-19-15-10-13(17)14(11-16(15)20-2)18-9-8-12-6-4-3-5-7-12/h3-7,10-11,18H,8-9H2,1-2H3. The number of benzene rings is 2. The molecule has 0 atom stereocenters. The van der Waals surface area contributed by atoms with Crippen LogP contribution in [0.1, 0.15) is 5.56 Å². The molecule has 2 rings (SSSR count). The minimum absolute atomic E-state index is 0.621. The molecule has 0 aliphatic heterocycles. The van der Waals surface area contributed by atoms with Crippen LogP contribution in [0.15, 0.2) is 42.5 Å². The molecule has 0 heterocycles. The van der Waals surface area contributed by atoms with Crippen molar-refractivity contribution in [2.75, 3.05) is 26.1 Å². The third kappa shape index (κ3) is 3.58. The molecule has 2 aromatic rings. The Kier molecular flexibility index (Phi) is 5.13. The van der Waals surface area contributed by atoms with Gasteiger partial charge in [-0.05, 0) is 12.0 Å². The summed E-state index contributed by atoms with van der Waals surface area (Å²) in [5, 5.41) is 3.94. The van der Waals surface area contributed by atoms with Gasteiger partial charge in [0.2, 0.25) is 0 Å². The zero-order valence-electron chi connectivity index (χ0n) is 11.7. The first-order chi connectivity index (χ1) is 9.74. The Morgan fingerprint density at radius 1 is 1.00 bits per heavy atom. The lowest BCUT2D eigenvalue weighted by molar-refractivity contribution is 0.355. The van der Waals surface area contributed by atoms with E-state index >= 15 is 0 Å². The van der Waals surface area contributed by atoms with Crippen LogP contribution in [0.25, 0.3) is 0 Å². The van der Waals surface area contributed by atoms with Crippen LogP contribution < -0.4 is 14.8 Å². The van der Waals surface area contributed by atoms with Gasteiger partial charge in [-0.3, -0.25) is 0 Å². The Morgan fingerprint density at radius 3 is 2.30 bits per heavy atom. The van der Waals surface area contributed by atoms with E-state index in [0.717, 1.165) is 18.7 Å². The molecule has 0 amide bonds. The minimum atomic E-state index is 0.621. The zero-order chi connectivity index (χ0) is 14.4. The quantitative estimate of drug-likeness (QED) is 0.872. The number of hydrogen-bond donors (Lipinski definition) is 1. The highest BCUT2D eigenvalue weighted by molar-refractivity contribution is 6.33. The summed E-state index contributed by atoms with van der Waals surface area (Å²) in [6.45, 7) is 0.805. The number of ether oxygens (including phenoxy) is 2. The summed E-state index contributed by atoms with van der Waals surface area (Å²) in [7, 11) is 3.20. The van der Waals surface area contributed by atoms with Crippen LogP contribution in [-0.2, 0) is 6.42 Å². The Labute approximate surface area is 124 Å². The Morgan fingerprint density at radius 2 is 1.65 bits per heavy atom. The molecule has 0 saturated carbocycles. The van der Waals surface area contributed by atoms with Crippen LogP contribution in [0, 0.1) is 0 Å². The van der Waals surface area contributed by atoms with E-state index in [4.69, 9.17) is 21.1 Å². The number of halogens is 1. The molecular weight excluding hydrogens is 274 g/mol. The van der Waals surface area contributed by atoms with Crippen molar-refractivity contribution >= 4 is 17.3 Å². The second-order valence-electron chi connectivity index (χ2n) is 4.35. The van der Waals surface area contributed by atoms with Crippen molar-refractivity contribution in [2.45, 2.75) is 6.42 Å². The maximum absolute atomic E-state index is 6.22. The molecule has 0 unspecified atom stereocenters. The van der Waals surface area contributed by atoms with Crippen molar-refractivity contribution in [2.24, 2.45) is 0 Å². The molecule has 0 spiro atoms. The normalized spacial score (nSPS) is 10.2. The van der Waals surface area contributed by atoms with Gasteiger partial charge in [0, 0.05) is 18.7 Å². The first-order valence-corrected chi connectivity index (χ1v) is 6.81. The van der Waals surface area contributed by atoms with Crippen LogP contribution in [-0.4, -0.2) is 20.8 Å². The molecule has 106 valence electrons. The molecule has 0 saturated heterocycles. The first-order valence-electron chi connectivity index (χ1n) is 6.44. The molecule has 20 heavy (non-hydrogen) atoms. The fraction of sp³-hybridized carbons (Fsp3) is 0.250. The van der Waals surface area contributed by atoms with Crippen LogP contribution >= 0.6 is 11.6 Å². The lowest BCUT2D eigenvalue weighted by Gasteiger charge is -2.13. The van der Waals surface area contributed by atoms with Gasteiger partial charge in [0.05, 0.1) is 24.9 Å². The predicted molar refractivity (Wildman–Crippen MR) is 83.2 cm³/mol. The monoisotopic (exact) mass is 291 g/mol. The largest absolute Gasteiger partial charge is 0.493 e. The van der Waals surface area contributed by atoms with Gasteiger partial charge < -0.3 is 14.8 Å². The number of nitrogens with one attached hydrogen (secondary N) is 1. The van der Waals surface area contributed by atoms with E-state index in [0.29, 0.717) is 16.5 Å². The molecule has 1 N–H and O–H groups in total. The summed E-state index contributed by atoms with van der Waals surface area (Å²) in [6, 6.07) is 13.9. The second-order valence-corrected chi connectivity index (χ2v) is 4.76. The fourth-order valence-corrected chi connectivity index (χ4v) is 2.20. The van der Waals surface area contributed by atoms with Gasteiger partial charge in [-0.15, -0.1) is 0 Å². The highest BCUT2D eigenvalue weighted by Gasteiger charge is 2.09. The van der Waals surface area contributed by atoms with E-state index in [1.165, 1.54) is 5.56 Å². The van der Waals surface area contributed by atoms with Gasteiger partial charge in [-0.1, -0.05) is 41.9 Å². The Balaban J connectivity index is 2.02. The summed E-state index contributed by atoms with van der Waals surface area (Å²) < 4.78 is 10.5. The lowest BCUT2D eigenvalue weighted by Crippen LogP contribution is -2.05. The van der Waals surface area contributed by atoms with Crippen molar-refractivity contribution in [3.8, 4) is 11.5 Å². The highest BCUT2D eigenvalue weighted by Crippen LogP contribution is 2.35. The summed E-state index contributed by atoms with van der Waals surface area (Å²) in [6.07, 6.45) is 0.936. The van der Waals surface area contributed by atoms with E-state index in [-0.39, 0.29) is 0 Å². The van der Waals surface area contributed by atoms with E-state index in [1.54, 1.807) is 20.3 Å². The van der Waals surface area contributed by atoms with Gasteiger partial charge in [0.25, 0.3) is 0 Å². The van der Waals surface area contributed by atoms with Gasteiger partial charge >= 0.3 is 0 Å². The molecule has 0 aromatic heterocycles. The smallest absolute Gasteiger partial charge is 0.162 e. The molecule has 0 aliphatic rings. The van der Waals surface area contributed by atoms with Crippen molar-refractivity contribution in [3.05, 3.63) is 53.1 Å². The Hall–Kier alpha value is -1.87. The van der Waals surface area contributed by atoms with Crippen molar-refractivity contribution in [3.63, 3.8) is 0 Å². The molecular formula is C16H18ClNO2. The van der Waals surface area contributed by atoms with Crippen molar-refractivity contribution < 1.29 is 9.47 Å². The van der Waals surface area contributed by atoms with Gasteiger partial charge in [-0.2, -0.15) is 0 Å². The van der Waals surface area contributed by atoms with Gasteiger partial charge in [0.1, 0.15) is 0 Å². The third-order valence-electron chi connectivity index (χ3n) is 3.05. The highest BCUT2D eigenvalue weighted by atomic mass is 35.5. The summed E-state index contributed by atoms with van der Waals surface area (Å²) >= 11 is 6.22. The fourth-order valence-electron chi connectivity index (χ4n) is 1.98. The van der Waals surface area contributed by atoms with Crippen LogP contribution in [0.4, 0.5) is 5.69 Å². The average Bonchev–Trinajstić information content (AvgIpc) is 2.49. The van der Waals surface area contributed by atoms with Crippen molar-refractivity contribution in [1.82, 2.24) is 0 Å². The number of hydrogen-bond acceptors (Lipinski definition) is 3. The molecule has 0 bridgehead atoms. The maximum atomic E-state index is 6.22. The van der Waals surface area contributed by atoms with Crippen LogP contribution in [0.5, 0.6) is 11.5 Å². The summed E-state index contributed by atoms with van der Waals surface area (Å²) in [5.74, 6) is 1.30.